The number of ether oxygens (including phenoxy) is 2. The molecule has 0 fully saturated rings. The molecule has 0 saturated heterocycles. The third-order valence-electron chi connectivity index (χ3n) is 2.86. The van der Waals surface area contributed by atoms with Crippen molar-refractivity contribution in [3.63, 3.8) is 0 Å². The molecule has 1 aromatic rings. The van der Waals surface area contributed by atoms with E-state index in [9.17, 15) is 4.79 Å². The molecular weight excluding hydrogens is 230 g/mol. The van der Waals surface area contributed by atoms with E-state index < -0.39 is 0 Å². The third-order valence-corrected chi connectivity index (χ3v) is 2.86. The molecule has 1 aliphatic rings. The van der Waals surface area contributed by atoms with E-state index in [1.807, 2.05) is 32.0 Å². The van der Waals surface area contributed by atoms with Crippen LogP contribution in [0, 0.1) is 0 Å². The first-order chi connectivity index (χ1) is 8.74. The molecule has 4 heteroatoms. The largest absolute Gasteiger partial charge is 0.497 e. The number of nitrogens with one attached hydrogen (secondary N) is 1. The van der Waals surface area contributed by atoms with Crippen LogP contribution in [0.1, 0.15) is 37.4 Å². The Morgan fingerprint density at radius 1 is 1.39 bits per heavy atom. The first kappa shape index (κ1) is 14.5. The number of carbonyl (C=O) groups excluding carboxylic acids is 1. The number of esters is 1. The quantitative estimate of drug-likeness (QED) is 0.838. The SMILES string of the molecule is CC.COC(=O)CC1NCc2cc(OC)ccc21. The van der Waals surface area contributed by atoms with Crippen molar-refractivity contribution in [2.75, 3.05) is 14.2 Å². The van der Waals surface area contributed by atoms with Gasteiger partial charge in [0.2, 0.25) is 0 Å². The van der Waals surface area contributed by atoms with Crippen molar-refractivity contribution in [1.29, 1.82) is 0 Å². The highest BCUT2D eigenvalue weighted by Crippen LogP contribution is 2.30. The zero-order valence-corrected chi connectivity index (χ0v) is 11.4. The average Bonchev–Trinajstić information content (AvgIpc) is 2.83. The van der Waals surface area contributed by atoms with Gasteiger partial charge in [0.1, 0.15) is 5.75 Å². The fourth-order valence-electron chi connectivity index (χ4n) is 1.98. The molecule has 1 aromatic carbocycles. The standard InChI is InChI=1S/C12H15NO3.C2H6/c1-15-9-3-4-10-8(5-9)7-13-11(10)6-12(14)16-2;1-2/h3-5,11,13H,6-7H2,1-2H3;1-2H3. The van der Waals surface area contributed by atoms with Gasteiger partial charge < -0.3 is 14.8 Å². The molecule has 0 saturated carbocycles. The lowest BCUT2D eigenvalue weighted by molar-refractivity contribution is -0.141. The van der Waals surface area contributed by atoms with Gasteiger partial charge in [0, 0.05) is 12.6 Å². The van der Waals surface area contributed by atoms with Crippen molar-refractivity contribution in [1.82, 2.24) is 5.32 Å². The monoisotopic (exact) mass is 251 g/mol. The maximum absolute atomic E-state index is 11.2. The van der Waals surface area contributed by atoms with Crippen LogP contribution in [0.15, 0.2) is 18.2 Å². The summed E-state index contributed by atoms with van der Waals surface area (Å²) < 4.78 is 9.83. The van der Waals surface area contributed by atoms with Gasteiger partial charge in [-0.1, -0.05) is 19.9 Å². The van der Waals surface area contributed by atoms with E-state index >= 15 is 0 Å². The van der Waals surface area contributed by atoms with Crippen LogP contribution < -0.4 is 10.1 Å². The van der Waals surface area contributed by atoms with Gasteiger partial charge in [-0.2, -0.15) is 0 Å². The van der Waals surface area contributed by atoms with E-state index in [1.165, 1.54) is 12.7 Å². The molecule has 100 valence electrons. The molecule has 18 heavy (non-hydrogen) atoms. The molecule has 0 amide bonds. The Kier molecular flexibility index (Phi) is 5.65. The Balaban J connectivity index is 0.000000771. The van der Waals surface area contributed by atoms with Crippen LogP contribution in [0.3, 0.4) is 0 Å². The summed E-state index contributed by atoms with van der Waals surface area (Å²) in [4.78, 5) is 11.2. The first-order valence-electron chi connectivity index (χ1n) is 6.21. The molecule has 1 heterocycles. The summed E-state index contributed by atoms with van der Waals surface area (Å²) in [5, 5.41) is 3.28. The fraction of sp³-hybridized carbons (Fsp3) is 0.500. The Labute approximate surface area is 108 Å². The highest BCUT2D eigenvalue weighted by Gasteiger charge is 2.24. The zero-order valence-electron chi connectivity index (χ0n) is 11.4. The lowest BCUT2D eigenvalue weighted by Crippen LogP contribution is -2.17. The van der Waals surface area contributed by atoms with Gasteiger partial charge >= 0.3 is 5.97 Å². The Morgan fingerprint density at radius 2 is 2.11 bits per heavy atom. The maximum Gasteiger partial charge on any atom is 0.307 e. The fourth-order valence-corrected chi connectivity index (χ4v) is 1.98. The number of carbonyl (C=O) groups is 1. The maximum atomic E-state index is 11.2. The second kappa shape index (κ2) is 7.01. The number of methoxy groups -OCH3 is 2. The molecule has 0 bridgehead atoms. The summed E-state index contributed by atoms with van der Waals surface area (Å²) in [5.74, 6) is 0.653. The van der Waals surface area contributed by atoms with E-state index in [4.69, 9.17) is 4.74 Å². The van der Waals surface area contributed by atoms with E-state index in [0.717, 1.165) is 17.9 Å². The summed E-state index contributed by atoms with van der Waals surface area (Å²) in [6.45, 7) is 4.77. The van der Waals surface area contributed by atoms with Gasteiger partial charge in [0.25, 0.3) is 0 Å². The normalized spacial score (nSPS) is 16.3. The molecule has 0 aromatic heterocycles. The van der Waals surface area contributed by atoms with E-state index in [-0.39, 0.29) is 12.0 Å². The molecule has 0 spiro atoms. The molecule has 1 aliphatic heterocycles. The minimum atomic E-state index is -0.193. The molecule has 4 nitrogen and oxygen atoms in total. The number of fused-ring (bicyclic) bond motifs is 1. The molecule has 0 radical (unpaired) electrons. The van der Waals surface area contributed by atoms with Crippen LogP contribution >= 0.6 is 0 Å². The average molecular weight is 251 g/mol. The van der Waals surface area contributed by atoms with Gasteiger partial charge in [-0.15, -0.1) is 0 Å². The summed E-state index contributed by atoms with van der Waals surface area (Å²) in [6.07, 6.45) is 0.371. The second-order valence-corrected chi connectivity index (χ2v) is 3.78. The van der Waals surface area contributed by atoms with Crippen molar-refractivity contribution in [2.24, 2.45) is 0 Å². The first-order valence-corrected chi connectivity index (χ1v) is 6.21. The highest BCUT2D eigenvalue weighted by atomic mass is 16.5. The topological polar surface area (TPSA) is 47.6 Å². The van der Waals surface area contributed by atoms with Crippen molar-refractivity contribution in [3.05, 3.63) is 29.3 Å². The van der Waals surface area contributed by atoms with Gasteiger partial charge in [-0.05, 0) is 23.3 Å². The third kappa shape index (κ3) is 3.23. The van der Waals surface area contributed by atoms with Crippen molar-refractivity contribution < 1.29 is 14.3 Å². The van der Waals surface area contributed by atoms with Crippen molar-refractivity contribution >= 4 is 5.97 Å². The minimum absolute atomic E-state index is 0.0633. The minimum Gasteiger partial charge on any atom is -0.497 e. The lowest BCUT2D eigenvalue weighted by atomic mass is 10.0. The molecule has 1 N–H and O–H groups in total. The molecular formula is C14H21NO3. The van der Waals surface area contributed by atoms with Crippen LogP contribution in [0.25, 0.3) is 0 Å². The van der Waals surface area contributed by atoms with Crippen LogP contribution in [-0.2, 0) is 16.1 Å². The highest BCUT2D eigenvalue weighted by molar-refractivity contribution is 5.70. The summed E-state index contributed by atoms with van der Waals surface area (Å²) in [6, 6.07) is 5.98. The van der Waals surface area contributed by atoms with Crippen molar-refractivity contribution in [2.45, 2.75) is 32.9 Å². The van der Waals surface area contributed by atoms with E-state index in [2.05, 4.69) is 10.1 Å². The number of hydrogen-bond donors (Lipinski definition) is 1. The van der Waals surface area contributed by atoms with Crippen LogP contribution in [0.4, 0.5) is 0 Å². The van der Waals surface area contributed by atoms with Gasteiger partial charge in [0.05, 0.1) is 20.6 Å². The number of hydrogen-bond acceptors (Lipinski definition) is 4. The van der Waals surface area contributed by atoms with Crippen LogP contribution in [0.2, 0.25) is 0 Å². The van der Waals surface area contributed by atoms with E-state index in [1.54, 1.807) is 7.11 Å². The van der Waals surface area contributed by atoms with Crippen LogP contribution in [0.5, 0.6) is 5.75 Å². The van der Waals surface area contributed by atoms with E-state index in [0.29, 0.717) is 6.42 Å². The Bertz CT molecular complexity index is 404. The molecule has 1 unspecified atom stereocenters. The van der Waals surface area contributed by atoms with Gasteiger partial charge in [0.15, 0.2) is 0 Å². The molecule has 1 atom stereocenters. The molecule has 0 aliphatic carbocycles. The van der Waals surface area contributed by atoms with Crippen molar-refractivity contribution in [3.8, 4) is 5.75 Å². The zero-order chi connectivity index (χ0) is 13.5. The van der Waals surface area contributed by atoms with Gasteiger partial charge in [-0.25, -0.2) is 0 Å². The summed E-state index contributed by atoms with van der Waals surface area (Å²) in [7, 11) is 3.06. The smallest absolute Gasteiger partial charge is 0.307 e. The number of rotatable bonds is 3. The second-order valence-electron chi connectivity index (χ2n) is 3.78. The Morgan fingerprint density at radius 3 is 2.72 bits per heavy atom. The summed E-state index contributed by atoms with van der Waals surface area (Å²) in [5.41, 5.74) is 2.35. The predicted octanol–water partition coefficient (Wildman–Crippen LogP) is 2.43. The van der Waals surface area contributed by atoms with Gasteiger partial charge in [-0.3, -0.25) is 4.79 Å². The summed E-state index contributed by atoms with van der Waals surface area (Å²) >= 11 is 0. The molecule has 2 rings (SSSR count). The Hall–Kier alpha value is -1.55. The number of benzene rings is 1. The predicted molar refractivity (Wildman–Crippen MR) is 70.6 cm³/mol. The lowest BCUT2D eigenvalue weighted by Gasteiger charge is -2.10. The van der Waals surface area contributed by atoms with Crippen LogP contribution in [-0.4, -0.2) is 20.2 Å².